The van der Waals surface area contributed by atoms with E-state index in [9.17, 15) is 0 Å². The third-order valence-electron chi connectivity index (χ3n) is 2.71. The summed E-state index contributed by atoms with van der Waals surface area (Å²) < 4.78 is 2.71. The highest BCUT2D eigenvalue weighted by molar-refractivity contribution is 14.1. The summed E-state index contributed by atoms with van der Waals surface area (Å²) in [5.74, 6) is 0. The third-order valence-corrected chi connectivity index (χ3v) is 4.90. The zero-order chi connectivity index (χ0) is 13.3. The number of hydrogen-bond acceptors (Lipinski definition) is 2. The van der Waals surface area contributed by atoms with E-state index in [-0.39, 0.29) is 6.04 Å². The van der Waals surface area contributed by atoms with Gasteiger partial charge in [0.05, 0.1) is 14.7 Å². The van der Waals surface area contributed by atoms with E-state index in [1.54, 1.807) is 0 Å². The highest BCUT2D eigenvalue weighted by atomic mass is 127. The first-order valence-electron chi connectivity index (χ1n) is 5.45. The second-order valence-corrected chi connectivity index (χ2v) is 7.64. The molecule has 1 aromatic carbocycles. The van der Waals surface area contributed by atoms with Gasteiger partial charge in [0, 0.05) is 14.8 Å². The molecule has 0 amide bonds. The quantitative estimate of drug-likeness (QED) is 0.598. The Morgan fingerprint density at radius 2 is 2.00 bits per heavy atom. The van der Waals surface area contributed by atoms with Gasteiger partial charge in [0.1, 0.15) is 0 Å². The minimum atomic E-state index is 0.139. The summed E-state index contributed by atoms with van der Waals surface area (Å²) in [5, 5.41) is 3.47. The average molecular weight is 412 g/mol. The molecule has 18 heavy (non-hydrogen) atoms. The zero-order valence-electron chi connectivity index (χ0n) is 9.93. The Kier molecular flexibility index (Phi) is 4.80. The van der Waals surface area contributed by atoms with E-state index < -0.39 is 0 Å². The van der Waals surface area contributed by atoms with Gasteiger partial charge in [-0.1, -0.05) is 23.2 Å². The van der Waals surface area contributed by atoms with Crippen molar-refractivity contribution in [2.24, 2.45) is 0 Å². The summed E-state index contributed by atoms with van der Waals surface area (Å²) in [6.45, 7) is 4.18. The smallest absolute Gasteiger partial charge is 0.0996 e. The molecule has 0 aliphatic heterocycles. The number of anilines is 1. The molecule has 1 aromatic heterocycles. The van der Waals surface area contributed by atoms with E-state index in [2.05, 4.69) is 60.0 Å². The molecule has 0 bridgehead atoms. The fraction of sp³-hybridized carbons (Fsp3) is 0.231. The van der Waals surface area contributed by atoms with Crippen LogP contribution in [0.2, 0.25) is 8.67 Å². The van der Waals surface area contributed by atoms with Gasteiger partial charge in [0.25, 0.3) is 0 Å². The maximum Gasteiger partial charge on any atom is 0.0996 e. The molecule has 0 saturated heterocycles. The molecule has 2 aromatic rings. The van der Waals surface area contributed by atoms with Crippen molar-refractivity contribution in [1.82, 2.24) is 0 Å². The van der Waals surface area contributed by atoms with Gasteiger partial charge in [-0.15, -0.1) is 11.3 Å². The van der Waals surface area contributed by atoms with Gasteiger partial charge in [-0.3, -0.25) is 0 Å². The lowest BCUT2D eigenvalue weighted by Gasteiger charge is -2.16. The molecular formula is C13H12Cl2INS. The van der Waals surface area contributed by atoms with E-state index >= 15 is 0 Å². The van der Waals surface area contributed by atoms with Crippen molar-refractivity contribution in [3.05, 3.63) is 47.6 Å². The molecule has 2 rings (SSSR count). The molecule has 0 aliphatic rings. The van der Waals surface area contributed by atoms with Crippen molar-refractivity contribution >= 4 is 62.8 Å². The van der Waals surface area contributed by atoms with Gasteiger partial charge >= 0.3 is 0 Å². The summed E-state index contributed by atoms with van der Waals surface area (Å²) >= 11 is 15.8. The molecular weight excluding hydrogens is 400 g/mol. The van der Waals surface area contributed by atoms with E-state index in [1.807, 2.05) is 6.07 Å². The Balaban J connectivity index is 2.21. The van der Waals surface area contributed by atoms with Gasteiger partial charge < -0.3 is 5.32 Å². The minimum absolute atomic E-state index is 0.139. The number of thiophene rings is 1. The predicted molar refractivity (Wildman–Crippen MR) is 90.3 cm³/mol. The van der Waals surface area contributed by atoms with Crippen LogP contribution < -0.4 is 5.32 Å². The molecule has 1 nitrogen and oxygen atoms in total. The van der Waals surface area contributed by atoms with Crippen LogP contribution in [0.25, 0.3) is 0 Å². The Labute approximate surface area is 135 Å². The lowest BCUT2D eigenvalue weighted by Crippen LogP contribution is -2.07. The molecule has 0 aliphatic carbocycles. The molecule has 1 unspecified atom stereocenters. The second-order valence-electron chi connectivity index (χ2n) is 4.10. The fourth-order valence-electron chi connectivity index (χ4n) is 1.75. The summed E-state index contributed by atoms with van der Waals surface area (Å²) in [4.78, 5) is 0. The molecule has 0 radical (unpaired) electrons. The molecule has 96 valence electrons. The predicted octanol–water partition coefficient (Wildman–Crippen LogP) is 6.14. The fourth-order valence-corrected chi connectivity index (χ4v) is 4.04. The van der Waals surface area contributed by atoms with Crippen LogP contribution in [0.5, 0.6) is 0 Å². The largest absolute Gasteiger partial charge is 0.378 e. The monoisotopic (exact) mass is 411 g/mol. The first-order valence-corrected chi connectivity index (χ1v) is 8.10. The lowest BCUT2D eigenvalue weighted by molar-refractivity contribution is 0.888. The number of hydrogen-bond donors (Lipinski definition) is 1. The molecule has 0 fully saturated rings. The molecule has 5 heteroatoms. The minimum Gasteiger partial charge on any atom is -0.378 e. The van der Waals surface area contributed by atoms with Crippen LogP contribution in [0.1, 0.15) is 24.1 Å². The Morgan fingerprint density at radius 1 is 1.28 bits per heavy atom. The van der Waals surface area contributed by atoms with Gasteiger partial charge in [-0.25, -0.2) is 0 Å². The van der Waals surface area contributed by atoms with E-state index in [0.717, 1.165) is 19.9 Å². The zero-order valence-corrected chi connectivity index (χ0v) is 14.4. The van der Waals surface area contributed by atoms with Crippen molar-refractivity contribution in [3.63, 3.8) is 0 Å². The van der Waals surface area contributed by atoms with Crippen LogP contribution in [-0.4, -0.2) is 0 Å². The van der Waals surface area contributed by atoms with Crippen LogP contribution in [0.3, 0.4) is 0 Å². The number of halogens is 3. The van der Waals surface area contributed by atoms with Crippen LogP contribution in [0.15, 0.2) is 24.3 Å². The van der Waals surface area contributed by atoms with Gasteiger partial charge in [-0.2, -0.15) is 0 Å². The van der Waals surface area contributed by atoms with Crippen LogP contribution in [-0.2, 0) is 0 Å². The first-order chi connectivity index (χ1) is 8.47. The van der Waals surface area contributed by atoms with Crippen LogP contribution in [0.4, 0.5) is 5.69 Å². The van der Waals surface area contributed by atoms with Crippen molar-refractivity contribution in [1.29, 1.82) is 0 Å². The average Bonchev–Trinajstić information content (AvgIpc) is 2.62. The number of benzene rings is 1. The molecule has 1 N–H and O–H groups in total. The Hall–Kier alpha value is 0.0300. The third kappa shape index (κ3) is 3.32. The summed E-state index contributed by atoms with van der Waals surface area (Å²) in [6, 6.07) is 8.40. The van der Waals surface area contributed by atoms with Crippen LogP contribution >= 0.6 is 57.1 Å². The highest BCUT2D eigenvalue weighted by Gasteiger charge is 2.13. The summed E-state index contributed by atoms with van der Waals surface area (Å²) in [7, 11) is 0. The standard InChI is InChI=1S/C13H12Cl2INS/c1-7-5-9(16)3-4-11(7)17-8(2)10-6-12(14)18-13(10)15/h3-6,8,17H,1-2H3. The number of aryl methyl sites for hydroxylation is 1. The van der Waals surface area contributed by atoms with E-state index in [1.165, 1.54) is 20.5 Å². The Morgan fingerprint density at radius 3 is 2.56 bits per heavy atom. The van der Waals surface area contributed by atoms with Crippen molar-refractivity contribution in [2.75, 3.05) is 5.32 Å². The maximum atomic E-state index is 6.16. The molecule has 1 heterocycles. The van der Waals surface area contributed by atoms with Crippen LogP contribution in [0, 0.1) is 10.5 Å². The van der Waals surface area contributed by atoms with E-state index in [0.29, 0.717) is 0 Å². The number of nitrogens with one attached hydrogen (secondary N) is 1. The lowest BCUT2D eigenvalue weighted by atomic mass is 10.1. The van der Waals surface area contributed by atoms with Crippen molar-refractivity contribution < 1.29 is 0 Å². The van der Waals surface area contributed by atoms with Gasteiger partial charge in [-0.05, 0) is 66.3 Å². The Bertz CT molecular complexity index is 568. The van der Waals surface area contributed by atoms with Gasteiger partial charge in [0.15, 0.2) is 0 Å². The van der Waals surface area contributed by atoms with Crippen molar-refractivity contribution in [2.45, 2.75) is 19.9 Å². The summed E-state index contributed by atoms with van der Waals surface area (Å²) in [6.07, 6.45) is 0. The topological polar surface area (TPSA) is 12.0 Å². The molecule has 0 saturated carbocycles. The number of rotatable bonds is 3. The first kappa shape index (κ1) is 14.4. The maximum absolute atomic E-state index is 6.16. The normalized spacial score (nSPS) is 12.5. The summed E-state index contributed by atoms with van der Waals surface area (Å²) in [5.41, 5.74) is 3.40. The van der Waals surface area contributed by atoms with E-state index in [4.69, 9.17) is 23.2 Å². The van der Waals surface area contributed by atoms with Crippen molar-refractivity contribution in [3.8, 4) is 0 Å². The molecule has 1 atom stereocenters. The molecule has 0 spiro atoms. The SMILES string of the molecule is Cc1cc(I)ccc1NC(C)c1cc(Cl)sc1Cl. The second kappa shape index (κ2) is 5.99. The van der Waals surface area contributed by atoms with Gasteiger partial charge in [0.2, 0.25) is 0 Å². The highest BCUT2D eigenvalue weighted by Crippen LogP contribution is 2.36.